The third-order valence-electron chi connectivity index (χ3n) is 1.32. The Balaban J connectivity index is 0. The van der Waals surface area contributed by atoms with Crippen molar-refractivity contribution in [2.24, 2.45) is 0 Å². The Morgan fingerprint density at radius 3 is 1.50 bits per heavy atom. The largest absolute Gasteiger partial charge is 1.00 e. The van der Waals surface area contributed by atoms with E-state index >= 15 is 0 Å². The molecule has 1 radical (unpaired) electrons. The second-order valence-corrected chi connectivity index (χ2v) is 1.93. The van der Waals surface area contributed by atoms with Gasteiger partial charge in [-0.3, -0.25) is 0 Å². The summed E-state index contributed by atoms with van der Waals surface area (Å²) in [6, 6.07) is 0. The fourth-order valence-electron chi connectivity index (χ4n) is 0.898. The minimum atomic E-state index is 0. The normalized spacial score (nSPS) is 18.0. The maximum atomic E-state index is 2.39. The molecular formula is C6H11Li2. The van der Waals surface area contributed by atoms with E-state index < -0.39 is 0 Å². The predicted octanol–water partition coefficient (Wildman–Crippen LogP) is -1.22. The standard InChI is InChI=1S/C6H11.2Li/c1-2-4-6-5-3-1;;/h1H,2-6H2;;/q-1;;+1. The average molecular weight is 97.0 g/mol. The Hall–Kier alpha value is 1.19. The van der Waals surface area contributed by atoms with Crippen molar-refractivity contribution in [3.63, 3.8) is 0 Å². The molecule has 0 heterocycles. The van der Waals surface area contributed by atoms with Crippen LogP contribution in [0.15, 0.2) is 0 Å². The van der Waals surface area contributed by atoms with Gasteiger partial charge in [0.1, 0.15) is 0 Å². The first-order valence-corrected chi connectivity index (χ1v) is 2.82. The Kier molecular flexibility index (Phi) is 12.2. The third kappa shape index (κ3) is 5.33. The van der Waals surface area contributed by atoms with Crippen molar-refractivity contribution in [2.75, 3.05) is 0 Å². The van der Waals surface area contributed by atoms with Crippen LogP contribution >= 0.6 is 0 Å². The van der Waals surface area contributed by atoms with E-state index in [9.17, 15) is 0 Å². The van der Waals surface area contributed by atoms with Crippen molar-refractivity contribution < 1.29 is 18.9 Å². The summed E-state index contributed by atoms with van der Waals surface area (Å²) in [4.78, 5) is 0. The van der Waals surface area contributed by atoms with Crippen molar-refractivity contribution in [3.05, 3.63) is 6.42 Å². The minimum absolute atomic E-state index is 0. The molecule has 8 heavy (non-hydrogen) atoms. The van der Waals surface area contributed by atoms with Crippen LogP contribution in [0, 0.1) is 6.42 Å². The maximum absolute atomic E-state index is 2.39. The minimum Gasteiger partial charge on any atom is -0.328 e. The molecule has 0 aromatic carbocycles. The molecule has 2 heteroatoms. The predicted molar refractivity (Wildman–Crippen MR) is 33.1 cm³/mol. The zero-order valence-electron chi connectivity index (χ0n) is 6.11. The van der Waals surface area contributed by atoms with Crippen LogP contribution in [-0.4, -0.2) is 18.9 Å². The first-order chi connectivity index (χ1) is 3.00. The molecule has 0 N–H and O–H groups in total. The fourth-order valence-corrected chi connectivity index (χ4v) is 0.898. The monoisotopic (exact) mass is 97.1 g/mol. The second kappa shape index (κ2) is 8.19. The number of hydrogen-bond acceptors (Lipinski definition) is 0. The van der Waals surface area contributed by atoms with Crippen molar-refractivity contribution in [3.8, 4) is 0 Å². The molecule has 0 bridgehead atoms. The van der Waals surface area contributed by atoms with Gasteiger partial charge in [0.05, 0.1) is 0 Å². The molecule has 0 unspecified atom stereocenters. The number of hydrogen-bond donors (Lipinski definition) is 0. The van der Waals surface area contributed by atoms with Gasteiger partial charge in [0.2, 0.25) is 0 Å². The van der Waals surface area contributed by atoms with Crippen LogP contribution in [-0.2, 0) is 0 Å². The molecule has 37 valence electrons. The molecule has 0 atom stereocenters. The van der Waals surface area contributed by atoms with Crippen LogP contribution in [0.5, 0.6) is 0 Å². The second-order valence-electron chi connectivity index (χ2n) is 1.93. The molecule has 0 aliphatic heterocycles. The van der Waals surface area contributed by atoms with E-state index in [4.69, 9.17) is 0 Å². The summed E-state index contributed by atoms with van der Waals surface area (Å²) in [6.45, 7) is 0. The molecule has 1 rings (SSSR count). The molecule has 0 aromatic rings. The molecule has 0 nitrogen and oxygen atoms in total. The first kappa shape index (κ1) is 11.9. The topological polar surface area (TPSA) is 0 Å². The van der Waals surface area contributed by atoms with Gasteiger partial charge in [0.25, 0.3) is 0 Å². The summed E-state index contributed by atoms with van der Waals surface area (Å²) in [6.07, 6.45) is 9.50. The quantitative estimate of drug-likeness (QED) is 0.262. The van der Waals surface area contributed by atoms with E-state index in [0.29, 0.717) is 0 Å². The molecule has 1 saturated carbocycles. The summed E-state index contributed by atoms with van der Waals surface area (Å²) in [5.74, 6) is 0. The SMILES string of the molecule is [CH-]1CCCCC1.[Li+].[Li]. The molecule has 0 spiro atoms. The smallest absolute Gasteiger partial charge is 0.328 e. The molecule has 0 amide bonds. The summed E-state index contributed by atoms with van der Waals surface area (Å²) < 4.78 is 0. The van der Waals surface area contributed by atoms with E-state index in [2.05, 4.69) is 6.42 Å². The van der Waals surface area contributed by atoms with E-state index in [1.54, 1.807) is 0 Å². The van der Waals surface area contributed by atoms with Gasteiger partial charge < -0.3 is 6.42 Å². The third-order valence-corrected chi connectivity index (χ3v) is 1.32. The van der Waals surface area contributed by atoms with Gasteiger partial charge in [0, 0.05) is 18.9 Å². The van der Waals surface area contributed by atoms with Crippen LogP contribution in [0.3, 0.4) is 0 Å². The van der Waals surface area contributed by atoms with Crippen molar-refractivity contribution >= 4 is 18.9 Å². The van der Waals surface area contributed by atoms with Crippen molar-refractivity contribution in [1.82, 2.24) is 0 Å². The zero-order valence-corrected chi connectivity index (χ0v) is 6.11. The summed E-state index contributed by atoms with van der Waals surface area (Å²) >= 11 is 0. The summed E-state index contributed by atoms with van der Waals surface area (Å²) in [5, 5.41) is 0. The molecule has 0 aromatic heterocycles. The van der Waals surface area contributed by atoms with Crippen LogP contribution in [0.25, 0.3) is 0 Å². The van der Waals surface area contributed by atoms with Gasteiger partial charge in [-0.15, -0.1) is 0 Å². The van der Waals surface area contributed by atoms with Gasteiger partial charge in [0.15, 0.2) is 0 Å². The van der Waals surface area contributed by atoms with Gasteiger partial charge in [-0.05, 0) is 0 Å². The van der Waals surface area contributed by atoms with Crippen molar-refractivity contribution in [2.45, 2.75) is 32.1 Å². The van der Waals surface area contributed by atoms with Gasteiger partial charge in [-0.1, -0.05) is 19.3 Å². The van der Waals surface area contributed by atoms with Crippen LogP contribution in [0.4, 0.5) is 0 Å². The van der Waals surface area contributed by atoms with Gasteiger partial charge in [-0.2, -0.15) is 12.8 Å². The Labute approximate surface area is 76.2 Å². The van der Waals surface area contributed by atoms with E-state index in [-0.39, 0.29) is 37.7 Å². The van der Waals surface area contributed by atoms with E-state index in [1.807, 2.05) is 0 Å². The molecule has 1 fully saturated rings. The molecular weight excluding hydrogens is 85.9 g/mol. The maximum Gasteiger partial charge on any atom is 1.00 e. The van der Waals surface area contributed by atoms with Crippen LogP contribution in [0.1, 0.15) is 32.1 Å². The van der Waals surface area contributed by atoms with E-state index in [0.717, 1.165) is 0 Å². The average Bonchev–Trinajstić information content (AvgIpc) is 1.72. The molecule has 1 aliphatic rings. The summed E-state index contributed by atoms with van der Waals surface area (Å²) in [5.41, 5.74) is 0. The van der Waals surface area contributed by atoms with Crippen LogP contribution in [0.2, 0.25) is 0 Å². The summed E-state index contributed by atoms with van der Waals surface area (Å²) in [7, 11) is 0. The molecule has 0 saturated heterocycles. The van der Waals surface area contributed by atoms with Crippen LogP contribution < -0.4 is 18.9 Å². The Morgan fingerprint density at radius 1 is 0.875 bits per heavy atom. The van der Waals surface area contributed by atoms with Gasteiger partial charge in [-0.25, -0.2) is 0 Å². The van der Waals surface area contributed by atoms with Gasteiger partial charge >= 0.3 is 18.9 Å². The number of rotatable bonds is 0. The zero-order chi connectivity index (χ0) is 4.24. The Morgan fingerprint density at radius 2 is 1.38 bits per heavy atom. The molecule has 1 aliphatic carbocycles. The van der Waals surface area contributed by atoms with E-state index in [1.165, 1.54) is 32.1 Å². The first-order valence-electron chi connectivity index (χ1n) is 2.82. The Bertz CT molecular complexity index is 22.0. The van der Waals surface area contributed by atoms with Crippen molar-refractivity contribution in [1.29, 1.82) is 0 Å². The fraction of sp³-hybridized carbons (Fsp3) is 0.833.